The molecular weight excluding hydrogens is 236 g/mol. The summed E-state index contributed by atoms with van der Waals surface area (Å²) in [6, 6.07) is 12.4. The SMILES string of the molecule is CC(=O)N1c2c(ccc3ccccc23)C(N)CC1C. The second kappa shape index (κ2) is 4.35. The number of benzene rings is 2. The lowest BCUT2D eigenvalue weighted by atomic mass is 9.89. The maximum absolute atomic E-state index is 12.0. The lowest BCUT2D eigenvalue weighted by Gasteiger charge is -2.38. The van der Waals surface area contributed by atoms with Crippen molar-refractivity contribution in [3.8, 4) is 0 Å². The van der Waals surface area contributed by atoms with Crippen molar-refractivity contribution < 1.29 is 4.79 Å². The largest absolute Gasteiger partial charge is 0.324 e. The fourth-order valence-electron chi connectivity index (χ4n) is 3.13. The molecule has 1 aliphatic heterocycles. The third-order valence-electron chi connectivity index (χ3n) is 3.95. The fourth-order valence-corrected chi connectivity index (χ4v) is 3.13. The quantitative estimate of drug-likeness (QED) is 0.785. The van der Waals surface area contributed by atoms with Gasteiger partial charge in [0.25, 0.3) is 0 Å². The molecule has 3 nitrogen and oxygen atoms in total. The summed E-state index contributed by atoms with van der Waals surface area (Å²) in [7, 11) is 0. The molecule has 0 spiro atoms. The molecule has 98 valence electrons. The average molecular weight is 254 g/mol. The van der Waals surface area contributed by atoms with E-state index in [1.165, 1.54) is 0 Å². The Balaban J connectivity index is 2.35. The molecule has 0 bridgehead atoms. The monoisotopic (exact) mass is 254 g/mol. The Morgan fingerprint density at radius 2 is 2.00 bits per heavy atom. The standard InChI is InChI=1S/C16H18N2O/c1-10-9-15(17)14-8-7-12-5-3-4-6-13(12)16(14)18(10)11(2)19/h3-8,10,15H,9,17H2,1-2H3. The van der Waals surface area contributed by atoms with Crippen LogP contribution in [0.2, 0.25) is 0 Å². The van der Waals surface area contributed by atoms with Crippen LogP contribution in [-0.2, 0) is 4.79 Å². The van der Waals surface area contributed by atoms with Crippen LogP contribution < -0.4 is 10.6 Å². The Morgan fingerprint density at radius 1 is 1.26 bits per heavy atom. The maximum Gasteiger partial charge on any atom is 0.224 e. The third-order valence-corrected chi connectivity index (χ3v) is 3.95. The van der Waals surface area contributed by atoms with Gasteiger partial charge < -0.3 is 10.6 Å². The highest BCUT2D eigenvalue weighted by molar-refractivity contribution is 6.05. The van der Waals surface area contributed by atoms with Gasteiger partial charge in [-0.15, -0.1) is 0 Å². The molecule has 0 aromatic heterocycles. The zero-order valence-electron chi connectivity index (χ0n) is 11.3. The highest BCUT2D eigenvalue weighted by Gasteiger charge is 2.31. The van der Waals surface area contributed by atoms with E-state index in [4.69, 9.17) is 5.73 Å². The molecule has 0 saturated carbocycles. The number of anilines is 1. The zero-order valence-corrected chi connectivity index (χ0v) is 11.3. The highest BCUT2D eigenvalue weighted by atomic mass is 16.2. The van der Waals surface area contributed by atoms with Gasteiger partial charge in [0.05, 0.1) is 5.69 Å². The van der Waals surface area contributed by atoms with Crippen LogP contribution in [0.3, 0.4) is 0 Å². The Hall–Kier alpha value is -1.87. The van der Waals surface area contributed by atoms with Gasteiger partial charge in [-0.1, -0.05) is 36.4 Å². The molecule has 3 heteroatoms. The van der Waals surface area contributed by atoms with Crippen LogP contribution in [0.1, 0.15) is 31.9 Å². The predicted octanol–water partition coefficient (Wildman–Crippen LogP) is 2.98. The molecule has 0 aliphatic carbocycles. The summed E-state index contributed by atoms with van der Waals surface area (Å²) in [5.41, 5.74) is 8.33. The van der Waals surface area contributed by atoms with Crippen LogP contribution in [-0.4, -0.2) is 11.9 Å². The predicted molar refractivity (Wildman–Crippen MR) is 78.1 cm³/mol. The number of hydrogen-bond acceptors (Lipinski definition) is 2. The molecule has 1 aliphatic rings. The van der Waals surface area contributed by atoms with Crippen LogP contribution in [0.4, 0.5) is 5.69 Å². The van der Waals surface area contributed by atoms with Crippen molar-refractivity contribution in [2.75, 3.05) is 4.90 Å². The van der Waals surface area contributed by atoms with E-state index < -0.39 is 0 Å². The first-order valence-corrected chi connectivity index (χ1v) is 6.66. The minimum Gasteiger partial charge on any atom is -0.324 e. The van der Waals surface area contributed by atoms with Crippen LogP contribution >= 0.6 is 0 Å². The molecule has 1 amide bonds. The number of rotatable bonds is 0. The van der Waals surface area contributed by atoms with Crippen molar-refractivity contribution in [3.05, 3.63) is 42.0 Å². The molecule has 19 heavy (non-hydrogen) atoms. The van der Waals surface area contributed by atoms with Crippen molar-refractivity contribution in [1.82, 2.24) is 0 Å². The van der Waals surface area contributed by atoms with E-state index in [1.54, 1.807) is 6.92 Å². The maximum atomic E-state index is 12.0. The Kier molecular flexibility index (Phi) is 2.79. The number of carbonyl (C=O) groups excluding carboxylic acids is 1. The van der Waals surface area contributed by atoms with Crippen LogP contribution in [0, 0.1) is 0 Å². The molecule has 2 N–H and O–H groups in total. The van der Waals surface area contributed by atoms with Crippen LogP contribution in [0.25, 0.3) is 10.8 Å². The Morgan fingerprint density at radius 3 is 2.74 bits per heavy atom. The zero-order chi connectivity index (χ0) is 13.6. The minimum atomic E-state index is 0.00482. The van der Waals surface area contributed by atoms with E-state index in [0.717, 1.165) is 28.4 Å². The summed E-state index contributed by atoms with van der Waals surface area (Å²) in [6.07, 6.45) is 0.810. The topological polar surface area (TPSA) is 46.3 Å². The molecular formula is C16H18N2O. The number of nitrogens with zero attached hydrogens (tertiary/aromatic N) is 1. The van der Waals surface area contributed by atoms with Gasteiger partial charge in [-0.2, -0.15) is 0 Å². The van der Waals surface area contributed by atoms with Gasteiger partial charge >= 0.3 is 0 Å². The smallest absolute Gasteiger partial charge is 0.224 e. The summed E-state index contributed by atoms with van der Waals surface area (Å²) < 4.78 is 0. The minimum absolute atomic E-state index is 0.00482. The first-order valence-electron chi connectivity index (χ1n) is 6.66. The van der Waals surface area contributed by atoms with Crippen molar-refractivity contribution in [2.45, 2.75) is 32.4 Å². The summed E-state index contributed by atoms with van der Waals surface area (Å²) in [6.45, 7) is 3.69. The van der Waals surface area contributed by atoms with E-state index in [0.29, 0.717) is 0 Å². The van der Waals surface area contributed by atoms with E-state index in [2.05, 4.69) is 31.2 Å². The van der Waals surface area contributed by atoms with Gasteiger partial charge in [0.15, 0.2) is 0 Å². The third kappa shape index (κ3) is 1.81. The molecule has 0 saturated heterocycles. The summed E-state index contributed by atoms with van der Waals surface area (Å²) in [5.74, 6) is 0.0806. The number of amides is 1. The molecule has 2 aromatic carbocycles. The molecule has 2 atom stereocenters. The summed E-state index contributed by atoms with van der Waals surface area (Å²) >= 11 is 0. The molecule has 2 aromatic rings. The summed E-state index contributed by atoms with van der Waals surface area (Å²) in [4.78, 5) is 13.9. The van der Waals surface area contributed by atoms with Gasteiger partial charge in [-0.25, -0.2) is 0 Å². The van der Waals surface area contributed by atoms with Gasteiger partial charge in [0, 0.05) is 24.4 Å². The molecule has 2 unspecified atom stereocenters. The van der Waals surface area contributed by atoms with Crippen molar-refractivity contribution >= 4 is 22.4 Å². The van der Waals surface area contributed by atoms with Gasteiger partial charge in [0.2, 0.25) is 5.91 Å². The average Bonchev–Trinajstić information content (AvgIpc) is 2.38. The molecule has 1 heterocycles. The van der Waals surface area contributed by atoms with Gasteiger partial charge in [0.1, 0.15) is 0 Å². The van der Waals surface area contributed by atoms with E-state index in [9.17, 15) is 4.79 Å². The normalized spacial score (nSPS) is 22.4. The van der Waals surface area contributed by atoms with Gasteiger partial charge in [-0.3, -0.25) is 4.79 Å². The molecule has 0 radical (unpaired) electrons. The lowest BCUT2D eigenvalue weighted by molar-refractivity contribution is -0.117. The Labute approximate surface area is 113 Å². The lowest BCUT2D eigenvalue weighted by Crippen LogP contribution is -2.43. The van der Waals surface area contributed by atoms with Crippen LogP contribution in [0.15, 0.2) is 36.4 Å². The van der Waals surface area contributed by atoms with Crippen LogP contribution in [0.5, 0.6) is 0 Å². The number of nitrogens with two attached hydrogens (primary N) is 1. The van der Waals surface area contributed by atoms with Crippen molar-refractivity contribution in [2.24, 2.45) is 5.73 Å². The van der Waals surface area contributed by atoms with E-state index in [-0.39, 0.29) is 18.0 Å². The highest BCUT2D eigenvalue weighted by Crippen LogP contribution is 2.40. The van der Waals surface area contributed by atoms with E-state index in [1.807, 2.05) is 17.0 Å². The number of fused-ring (bicyclic) bond motifs is 3. The second-order valence-electron chi connectivity index (χ2n) is 5.30. The first-order chi connectivity index (χ1) is 9.09. The van der Waals surface area contributed by atoms with Crippen molar-refractivity contribution in [1.29, 1.82) is 0 Å². The number of carbonyl (C=O) groups is 1. The fraction of sp³-hybridized carbons (Fsp3) is 0.312. The Bertz CT molecular complexity index is 650. The first kappa shape index (κ1) is 12.2. The van der Waals surface area contributed by atoms with Crippen molar-refractivity contribution in [3.63, 3.8) is 0 Å². The molecule has 0 fully saturated rings. The second-order valence-corrected chi connectivity index (χ2v) is 5.30. The summed E-state index contributed by atoms with van der Waals surface area (Å²) in [5, 5.41) is 2.26. The van der Waals surface area contributed by atoms with Gasteiger partial charge in [-0.05, 0) is 24.3 Å². The number of hydrogen-bond donors (Lipinski definition) is 1. The van der Waals surface area contributed by atoms with E-state index >= 15 is 0 Å². The molecule has 3 rings (SSSR count).